The van der Waals surface area contributed by atoms with Gasteiger partial charge in [-0.15, -0.1) is 24.0 Å². The summed E-state index contributed by atoms with van der Waals surface area (Å²) in [5, 5.41) is 6.81. The molecule has 1 aromatic carbocycles. The quantitative estimate of drug-likeness (QED) is 0.472. The normalized spacial score (nSPS) is 24.8. The first-order chi connectivity index (χ1) is 9.28. The second-order valence-corrected chi connectivity index (χ2v) is 5.36. The van der Waals surface area contributed by atoms with Gasteiger partial charge in [0, 0.05) is 24.5 Å². The van der Waals surface area contributed by atoms with Crippen LogP contribution >= 0.6 is 24.0 Å². The van der Waals surface area contributed by atoms with E-state index < -0.39 is 0 Å². The molecular weight excluding hydrogens is 368 g/mol. The molecule has 3 nitrogen and oxygen atoms in total. The molecule has 2 aliphatic rings. The summed E-state index contributed by atoms with van der Waals surface area (Å²) in [7, 11) is 0. The SMILES string of the molecule is CCN=C(NC1CC1)NC1CC1c1ccccc1F.I. The molecule has 0 amide bonds. The lowest BCUT2D eigenvalue weighted by molar-refractivity contribution is 0.607. The zero-order chi connectivity index (χ0) is 13.2. The van der Waals surface area contributed by atoms with Gasteiger partial charge in [-0.05, 0) is 37.8 Å². The predicted octanol–water partition coefficient (Wildman–Crippen LogP) is 3.02. The average Bonchev–Trinajstić information content (AvgIpc) is 3.28. The Hall–Kier alpha value is -0.850. The number of aliphatic imine (C=N–C) groups is 1. The molecule has 0 radical (unpaired) electrons. The van der Waals surface area contributed by atoms with Gasteiger partial charge < -0.3 is 10.6 Å². The van der Waals surface area contributed by atoms with Crippen molar-refractivity contribution in [3.05, 3.63) is 35.6 Å². The molecule has 2 aliphatic carbocycles. The number of guanidine groups is 1. The highest BCUT2D eigenvalue weighted by Gasteiger charge is 2.40. The fourth-order valence-corrected chi connectivity index (χ4v) is 2.36. The maximum absolute atomic E-state index is 13.7. The largest absolute Gasteiger partial charge is 0.354 e. The summed E-state index contributed by atoms with van der Waals surface area (Å²) in [6.07, 6.45) is 3.44. The van der Waals surface area contributed by atoms with Gasteiger partial charge in [0.25, 0.3) is 0 Å². The highest BCUT2D eigenvalue weighted by Crippen LogP contribution is 2.41. The molecule has 2 saturated carbocycles. The topological polar surface area (TPSA) is 36.4 Å². The lowest BCUT2D eigenvalue weighted by atomic mass is 10.1. The number of benzene rings is 1. The van der Waals surface area contributed by atoms with Crippen molar-refractivity contribution in [2.24, 2.45) is 4.99 Å². The van der Waals surface area contributed by atoms with Crippen molar-refractivity contribution >= 4 is 29.9 Å². The fraction of sp³-hybridized carbons (Fsp3) is 0.533. The molecule has 2 N–H and O–H groups in total. The minimum absolute atomic E-state index is 0. The molecule has 0 spiro atoms. The van der Waals surface area contributed by atoms with E-state index in [9.17, 15) is 4.39 Å². The average molecular weight is 389 g/mol. The Morgan fingerprint density at radius 3 is 2.70 bits per heavy atom. The minimum Gasteiger partial charge on any atom is -0.354 e. The van der Waals surface area contributed by atoms with Crippen molar-refractivity contribution in [3.8, 4) is 0 Å². The summed E-state index contributed by atoms with van der Waals surface area (Å²) in [5.74, 6) is 1.07. The molecule has 0 heterocycles. The van der Waals surface area contributed by atoms with Crippen LogP contribution < -0.4 is 10.6 Å². The van der Waals surface area contributed by atoms with Crippen LogP contribution in [0.1, 0.15) is 37.7 Å². The molecule has 5 heteroatoms. The molecule has 0 aromatic heterocycles. The Morgan fingerprint density at radius 2 is 2.05 bits per heavy atom. The number of hydrogen-bond acceptors (Lipinski definition) is 1. The van der Waals surface area contributed by atoms with Crippen LogP contribution in [-0.4, -0.2) is 24.6 Å². The smallest absolute Gasteiger partial charge is 0.191 e. The molecule has 2 fully saturated rings. The second kappa shape index (κ2) is 6.74. The van der Waals surface area contributed by atoms with E-state index in [0.29, 0.717) is 12.1 Å². The van der Waals surface area contributed by atoms with Crippen LogP contribution in [0.5, 0.6) is 0 Å². The van der Waals surface area contributed by atoms with Crippen molar-refractivity contribution in [2.75, 3.05) is 6.54 Å². The van der Waals surface area contributed by atoms with E-state index in [2.05, 4.69) is 15.6 Å². The van der Waals surface area contributed by atoms with E-state index in [1.54, 1.807) is 6.07 Å². The van der Waals surface area contributed by atoms with Crippen LogP contribution in [-0.2, 0) is 0 Å². The van der Waals surface area contributed by atoms with Crippen LogP contribution in [0.25, 0.3) is 0 Å². The number of rotatable bonds is 4. The van der Waals surface area contributed by atoms with Crippen LogP contribution in [0.15, 0.2) is 29.3 Å². The van der Waals surface area contributed by atoms with Crippen molar-refractivity contribution < 1.29 is 4.39 Å². The van der Waals surface area contributed by atoms with Crippen LogP contribution in [0, 0.1) is 5.82 Å². The van der Waals surface area contributed by atoms with E-state index in [1.807, 2.05) is 19.1 Å². The van der Waals surface area contributed by atoms with Gasteiger partial charge in [0.1, 0.15) is 5.82 Å². The maximum atomic E-state index is 13.7. The van der Waals surface area contributed by atoms with Crippen molar-refractivity contribution in [3.63, 3.8) is 0 Å². The number of nitrogens with one attached hydrogen (secondary N) is 2. The molecule has 2 atom stereocenters. The van der Waals surface area contributed by atoms with Gasteiger partial charge in [0.2, 0.25) is 0 Å². The minimum atomic E-state index is -0.0964. The van der Waals surface area contributed by atoms with Crippen molar-refractivity contribution in [2.45, 2.75) is 44.2 Å². The Kier molecular flexibility index (Phi) is 5.23. The van der Waals surface area contributed by atoms with Gasteiger partial charge in [-0.2, -0.15) is 0 Å². The Morgan fingerprint density at radius 1 is 1.30 bits per heavy atom. The predicted molar refractivity (Wildman–Crippen MR) is 90.2 cm³/mol. The van der Waals surface area contributed by atoms with Crippen molar-refractivity contribution in [1.29, 1.82) is 0 Å². The van der Waals surface area contributed by atoms with E-state index >= 15 is 0 Å². The number of nitrogens with zero attached hydrogens (tertiary/aromatic N) is 1. The highest BCUT2D eigenvalue weighted by molar-refractivity contribution is 14.0. The Balaban J connectivity index is 0.00000147. The third-order valence-corrected chi connectivity index (χ3v) is 3.65. The molecule has 110 valence electrons. The van der Waals surface area contributed by atoms with Gasteiger partial charge in [-0.25, -0.2) is 4.39 Å². The van der Waals surface area contributed by atoms with E-state index in [4.69, 9.17) is 0 Å². The van der Waals surface area contributed by atoms with Gasteiger partial charge in [0.05, 0.1) is 0 Å². The second-order valence-electron chi connectivity index (χ2n) is 5.36. The number of halogens is 2. The van der Waals surface area contributed by atoms with Crippen LogP contribution in [0.2, 0.25) is 0 Å². The molecular formula is C15H21FIN3. The molecule has 1 aromatic rings. The van der Waals surface area contributed by atoms with Crippen LogP contribution in [0.4, 0.5) is 4.39 Å². The van der Waals surface area contributed by atoms with E-state index in [1.165, 1.54) is 18.9 Å². The summed E-state index contributed by atoms with van der Waals surface area (Å²) < 4.78 is 13.7. The van der Waals surface area contributed by atoms with Gasteiger partial charge in [0.15, 0.2) is 5.96 Å². The first kappa shape index (κ1) is 15.5. The third kappa shape index (κ3) is 3.84. The van der Waals surface area contributed by atoms with Gasteiger partial charge in [-0.1, -0.05) is 18.2 Å². The first-order valence-corrected chi connectivity index (χ1v) is 7.10. The molecule has 2 unspecified atom stereocenters. The lowest BCUT2D eigenvalue weighted by Gasteiger charge is -2.11. The Bertz CT molecular complexity index is 488. The molecule has 0 aliphatic heterocycles. The third-order valence-electron chi connectivity index (χ3n) is 3.65. The van der Waals surface area contributed by atoms with E-state index in [0.717, 1.165) is 24.5 Å². The van der Waals surface area contributed by atoms with Gasteiger partial charge in [-0.3, -0.25) is 4.99 Å². The molecule has 0 bridgehead atoms. The maximum Gasteiger partial charge on any atom is 0.191 e. The van der Waals surface area contributed by atoms with Gasteiger partial charge >= 0.3 is 0 Å². The molecule has 3 rings (SSSR count). The summed E-state index contributed by atoms with van der Waals surface area (Å²) in [5.41, 5.74) is 0.822. The monoisotopic (exact) mass is 389 g/mol. The Labute approximate surface area is 136 Å². The summed E-state index contributed by atoms with van der Waals surface area (Å²) in [6, 6.07) is 7.96. The summed E-state index contributed by atoms with van der Waals surface area (Å²) in [4.78, 5) is 4.44. The van der Waals surface area contributed by atoms with Crippen LogP contribution in [0.3, 0.4) is 0 Å². The number of hydrogen-bond donors (Lipinski definition) is 2. The lowest BCUT2D eigenvalue weighted by Crippen LogP contribution is -2.40. The standard InChI is InChI=1S/C15H20FN3.HI/c1-2-17-15(18-10-7-8-10)19-14-9-12(14)11-5-3-4-6-13(11)16;/h3-6,10,12,14H,2,7-9H2,1H3,(H2,17,18,19);1H. The summed E-state index contributed by atoms with van der Waals surface area (Å²) >= 11 is 0. The summed E-state index contributed by atoms with van der Waals surface area (Å²) in [6.45, 7) is 2.79. The zero-order valence-electron chi connectivity index (χ0n) is 11.6. The van der Waals surface area contributed by atoms with E-state index in [-0.39, 0.29) is 35.7 Å². The zero-order valence-corrected chi connectivity index (χ0v) is 13.9. The fourth-order valence-electron chi connectivity index (χ4n) is 2.36. The highest BCUT2D eigenvalue weighted by atomic mass is 127. The first-order valence-electron chi connectivity index (χ1n) is 7.10. The molecule has 0 saturated heterocycles. The molecule has 20 heavy (non-hydrogen) atoms. The van der Waals surface area contributed by atoms with Crippen molar-refractivity contribution in [1.82, 2.24) is 10.6 Å².